The molecule has 0 aliphatic rings. The topological polar surface area (TPSA) is 76.0 Å². The summed E-state index contributed by atoms with van der Waals surface area (Å²) in [6.45, 7) is 0. The Morgan fingerprint density at radius 3 is 2.36 bits per heavy atom. The monoisotopic (exact) mass is 384 g/mol. The maximum absolute atomic E-state index is 5.89. The van der Waals surface area contributed by atoms with E-state index in [9.17, 15) is 0 Å². The van der Waals surface area contributed by atoms with Gasteiger partial charge in [-0.05, 0) is 29.8 Å². The number of hydrazone groups is 1. The first kappa shape index (κ1) is 16.5. The standard InChI is InChI=1S/C21H13ClN6/c22-14-9-7-13(8-10-14)12-24-27-21-25-19-17-6-3-11-23-18(17)15-4-1-2-5-16(15)20(19)26-28-21/h1-12H,(H,25,27,28). The van der Waals surface area contributed by atoms with Crippen molar-refractivity contribution in [2.24, 2.45) is 5.10 Å². The summed E-state index contributed by atoms with van der Waals surface area (Å²) in [5.74, 6) is 0.318. The summed E-state index contributed by atoms with van der Waals surface area (Å²) in [6, 6.07) is 19.3. The molecule has 6 nitrogen and oxygen atoms in total. The molecule has 0 radical (unpaired) electrons. The second-order valence-corrected chi connectivity index (χ2v) is 6.64. The number of nitrogens with one attached hydrogen (secondary N) is 1. The molecule has 2 heterocycles. The number of nitrogens with zero attached hydrogens (tertiary/aromatic N) is 5. The van der Waals surface area contributed by atoms with Crippen LogP contribution in [-0.4, -0.2) is 26.4 Å². The van der Waals surface area contributed by atoms with Gasteiger partial charge in [-0.25, -0.2) is 10.4 Å². The third kappa shape index (κ3) is 2.90. The second-order valence-electron chi connectivity index (χ2n) is 6.20. The summed E-state index contributed by atoms with van der Waals surface area (Å²) in [7, 11) is 0. The van der Waals surface area contributed by atoms with Crippen molar-refractivity contribution in [1.82, 2.24) is 20.2 Å². The number of rotatable bonds is 3. The number of benzene rings is 3. The van der Waals surface area contributed by atoms with Gasteiger partial charge in [0.05, 0.1) is 11.7 Å². The summed E-state index contributed by atoms with van der Waals surface area (Å²) in [4.78, 5) is 9.19. The number of halogens is 1. The molecule has 0 atom stereocenters. The van der Waals surface area contributed by atoms with Crippen LogP contribution in [0.1, 0.15) is 5.56 Å². The zero-order chi connectivity index (χ0) is 18.9. The van der Waals surface area contributed by atoms with Crippen LogP contribution in [0.5, 0.6) is 0 Å². The SMILES string of the molecule is Clc1ccc(C=NNc2nnc3c4ccccc4c4ncccc4c3n2)cc1. The average Bonchev–Trinajstić information content (AvgIpc) is 2.75. The van der Waals surface area contributed by atoms with E-state index in [4.69, 9.17) is 11.6 Å². The van der Waals surface area contributed by atoms with E-state index in [2.05, 4.69) is 30.7 Å². The lowest BCUT2D eigenvalue weighted by atomic mass is 10.0. The predicted octanol–water partition coefficient (Wildman–Crippen LogP) is 4.83. The lowest BCUT2D eigenvalue weighted by molar-refractivity contribution is 1.01. The summed E-state index contributed by atoms with van der Waals surface area (Å²) in [5, 5.41) is 16.4. The number of hydrogen-bond donors (Lipinski definition) is 1. The number of anilines is 1. The van der Waals surface area contributed by atoms with Crippen LogP contribution in [0, 0.1) is 0 Å². The van der Waals surface area contributed by atoms with Crippen LogP contribution in [0.3, 0.4) is 0 Å². The molecule has 0 aliphatic heterocycles. The molecule has 5 rings (SSSR count). The van der Waals surface area contributed by atoms with E-state index in [1.807, 2.05) is 48.5 Å². The highest BCUT2D eigenvalue weighted by molar-refractivity contribution is 6.30. The quantitative estimate of drug-likeness (QED) is 0.274. The van der Waals surface area contributed by atoms with Crippen LogP contribution >= 0.6 is 11.6 Å². The average molecular weight is 385 g/mol. The highest BCUT2D eigenvalue weighted by Gasteiger charge is 2.12. The Morgan fingerprint density at radius 1 is 0.786 bits per heavy atom. The molecule has 0 unspecified atom stereocenters. The number of pyridine rings is 1. The van der Waals surface area contributed by atoms with Crippen LogP contribution < -0.4 is 5.43 Å². The fourth-order valence-electron chi connectivity index (χ4n) is 3.16. The molecular formula is C21H13ClN6. The molecule has 0 spiro atoms. The van der Waals surface area contributed by atoms with Crippen molar-refractivity contribution in [3.05, 3.63) is 77.4 Å². The van der Waals surface area contributed by atoms with Crippen LogP contribution in [0.15, 0.2) is 72.0 Å². The lowest BCUT2D eigenvalue weighted by Crippen LogP contribution is -2.00. The van der Waals surface area contributed by atoms with Gasteiger partial charge in [-0.2, -0.15) is 5.10 Å². The molecule has 0 amide bonds. The zero-order valence-corrected chi connectivity index (χ0v) is 15.3. The minimum absolute atomic E-state index is 0.318. The number of fused-ring (bicyclic) bond motifs is 6. The Hall–Kier alpha value is -3.64. The Bertz CT molecular complexity index is 1310. The van der Waals surface area contributed by atoms with Crippen LogP contribution in [0.2, 0.25) is 5.02 Å². The van der Waals surface area contributed by atoms with Crippen molar-refractivity contribution in [3.8, 4) is 0 Å². The van der Waals surface area contributed by atoms with E-state index >= 15 is 0 Å². The van der Waals surface area contributed by atoms with Crippen molar-refractivity contribution in [1.29, 1.82) is 0 Å². The molecular weight excluding hydrogens is 372 g/mol. The summed E-state index contributed by atoms with van der Waals surface area (Å²) < 4.78 is 0. The van der Waals surface area contributed by atoms with E-state index < -0.39 is 0 Å². The van der Waals surface area contributed by atoms with E-state index in [0.717, 1.165) is 38.3 Å². The van der Waals surface area contributed by atoms with Crippen molar-refractivity contribution in [2.45, 2.75) is 0 Å². The maximum atomic E-state index is 5.89. The lowest BCUT2D eigenvalue weighted by Gasteiger charge is -2.08. The van der Waals surface area contributed by atoms with Gasteiger partial charge in [0.2, 0.25) is 0 Å². The first-order chi connectivity index (χ1) is 13.8. The van der Waals surface area contributed by atoms with Gasteiger partial charge in [-0.15, -0.1) is 10.2 Å². The largest absolute Gasteiger partial charge is 0.263 e. The van der Waals surface area contributed by atoms with Crippen LogP contribution in [0.25, 0.3) is 32.7 Å². The normalized spacial score (nSPS) is 11.6. The van der Waals surface area contributed by atoms with Gasteiger partial charge in [-0.3, -0.25) is 4.98 Å². The van der Waals surface area contributed by atoms with Crippen molar-refractivity contribution >= 4 is 56.5 Å². The van der Waals surface area contributed by atoms with Crippen molar-refractivity contribution < 1.29 is 0 Å². The van der Waals surface area contributed by atoms with Gasteiger partial charge in [0.25, 0.3) is 5.95 Å². The van der Waals surface area contributed by atoms with Gasteiger partial charge >= 0.3 is 0 Å². The third-order valence-electron chi connectivity index (χ3n) is 4.44. The molecule has 7 heteroatoms. The number of hydrogen-bond acceptors (Lipinski definition) is 6. The fourth-order valence-corrected chi connectivity index (χ4v) is 3.29. The van der Waals surface area contributed by atoms with Gasteiger partial charge in [0, 0.05) is 27.4 Å². The Kier molecular flexibility index (Phi) is 4.03. The highest BCUT2D eigenvalue weighted by Crippen LogP contribution is 2.31. The molecule has 134 valence electrons. The molecule has 28 heavy (non-hydrogen) atoms. The molecule has 3 aromatic carbocycles. The first-order valence-electron chi connectivity index (χ1n) is 8.64. The summed E-state index contributed by atoms with van der Waals surface area (Å²) in [5.41, 5.74) is 6.12. The minimum Gasteiger partial charge on any atom is -0.256 e. The molecule has 0 saturated heterocycles. The van der Waals surface area contributed by atoms with Crippen LogP contribution in [-0.2, 0) is 0 Å². The molecule has 1 N–H and O–H groups in total. The van der Waals surface area contributed by atoms with Gasteiger partial charge in [-0.1, -0.05) is 48.0 Å². The van der Waals surface area contributed by atoms with Gasteiger partial charge < -0.3 is 0 Å². The van der Waals surface area contributed by atoms with E-state index in [1.54, 1.807) is 24.5 Å². The van der Waals surface area contributed by atoms with Crippen molar-refractivity contribution in [2.75, 3.05) is 5.43 Å². The van der Waals surface area contributed by atoms with Crippen molar-refractivity contribution in [3.63, 3.8) is 0 Å². The second kappa shape index (κ2) is 6.83. The molecule has 5 aromatic rings. The molecule has 0 aliphatic carbocycles. The van der Waals surface area contributed by atoms with Crippen LogP contribution in [0.4, 0.5) is 5.95 Å². The minimum atomic E-state index is 0.318. The summed E-state index contributed by atoms with van der Waals surface area (Å²) >= 11 is 5.89. The van der Waals surface area contributed by atoms with E-state index in [-0.39, 0.29) is 0 Å². The number of aromatic nitrogens is 4. The summed E-state index contributed by atoms with van der Waals surface area (Å²) in [6.07, 6.45) is 3.45. The molecule has 2 aromatic heterocycles. The Morgan fingerprint density at radius 2 is 1.54 bits per heavy atom. The first-order valence-corrected chi connectivity index (χ1v) is 9.02. The van der Waals surface area contributed by atoms with E-state index in [0.29, 0.717) is 11.0 Å². The smallest absolute Gasteiger partial charge is 0.256 e. The Balaban J connectivity index is 1.60. The third-order valence-corrected chi connectivity index (χ3v) is 4.69. The maximum Gasteiger partial charge on any atom is 0.263 e. The molecule has 0 saturated carbocycles. The molecule has 0 bridgehead atoms. The van der Waals surface area contributed by atoms with E-state index in [1.165, 1.54) is 0 Å². The Labute approximate surface area is 164 Å². The van der Waals surface area contributed by atoms with Gasteiger partial charge in [0.15, 0.2) is 0 Å². The zero-order valence-electron chi connectivity index (χ0n) is 14.5. The highest BCUT2D eigenvalue weighted by atomic mass is 35.5. The van der Waals surface area contributed by atoms with Gasteiger partial charge in [0.1, 0.15) is 11.0 Å². The molecule has 0 fully saturated rings. The predicted molar refractivity (Wildman–Crippen MR) is 113 cm³/mol. The fraction of sp³-hybridized carbons (Fsp3) is 0.